The minimum atomic E-state index is -0.383. The number of nitrogens with one attached hydrogen (secondary N) is 1. The average molecular weight is 437 g/mol. The Kier molecular flexibility index (Phi) is 6.65. The van der Waals surface area contributed by atoms with Crippen LogP contribution in [0.4, 0.5) is 16.6 Å². The highest BCUT2D eigenvalue weighted by Gasteiger charge is 2.32. The number of hydrogen-bond donors (Lipinski definition) is 1. The fourth-order valence-corrected chi connectivity index (χ4v) is 3.86. The third kappa shape index (κ3) is 5.05. The molecule has 2 aliphatic heterocycles. The molecule has 0 bridgehead atoms. The quantitative estimate of drug-likeness (QED) is 0.666. The number of ether oxygens (including phenoxy) is 1. The van der Waals surface area contributed by atoms with Crippen LogP contribution in [0, 0.1) is 0 Å². The average Bonchev–Trinajstić information content (AvgIpc) is 3.16. The molecule has 1 atom stereocenters. The third-order valence-corrected chi connectivity index (χ3v) is 5.71. The molecule has 9 heteroatoms. The lowest BCUT2D eigenvalue weighted by molar-refractivity contribution is -0.127. The highest BCUT2D eigenvalue weighted by atomic mass is 16.6. The molecule has 3 heterocycles. The number of rotatable bonds is 7. The summed E-state index contributed by atoms with van der Waals surface area (Å²) in [5.74, 6) is 0.999. The van der Waals surface area contributed by atoms with Crippen LogP contribution in [-0.4, -0.2) is 70.6 Å². The molecule has 32 heavy (non-hydrogen) atoms. The van der Waals surface area contributed by atoms with Crippen LogP contribution >= 0.6 is 0 Å². The number of hydrogen-bond acceptors (Lipinski definition) is 7. The number of carbonyl (C=O) groups is 2. The van der Waals surface area contributed by atoms with Crippen LogP contribution in [0.3, 0.4) is 0 Å². The smallest absolute Gasteiger partial charge is 0.415 e. The Labute approximate surface area is 187 Å². The van der Waals surface area contributed by atoms with E-state index in [0.29, 0.717) is 24.9 Å². The van der Waals surface area contributed by atoms with Crippen molar-refractivity contribution >= 4 is 23.8 Å². The molecule has 1 N–H and O–H groups in total. The molecule has 2 amide bonds. The number of carbonyl (C=O) groups excluding carboxylic acids is 2. The molecule has 0 spiro atoms. The minimum Gasteiger partial charge on any atom is -0.447 e. The van der Waals surface area contributed by atoms with Gasteiger partial charge in [0.25, 0.3) is 0 Å². The van der Waals surface area contributed by atoms with Gasteiger partial charge in [-0.25, -0.2) is 9.78 Å². The van der Waals surface area contributed by atoms with Crippen LogP contribution in [0.5, 0.6) is 0 Å². The molecule has 0 radical (unpaired) electrons. The number of anilines is 2. The SMILES string of the molecule is C=CC(=O)N1CCN(Cc2ccc(CNc3nccc(N4C(=O)OC[C@@H]4C)n3)cc2)CC1. The lowest BCUT2D eigenvalue weighted by Crippen LogP contribution is -2.47. The molecule has 168 valence electrons. The molecule has 0 saturated carbocycles. The second kappa shape index (κ2) is 9.78. The van der Waals surface area contributed by atoms with Crippen molar-refractivity contribution in [1.82, 2.24) is 19.8 Å². The van der Waals surface area contributed by atoms with Gasteiger partial charge in [0.2, 0.25) is 11.9 Å². The number of amides is 2. The fourth-order valence-electron chi connectivity index (χ4n) is 3.86. The molecule has 1 aromatic carbocycles. The number of nitrogens with zero attached hydrogens (tertiary/aromatic N) is 5. The summed E-state index contributed by atoms with van der Waals surface area (Å²) < 4.78 is 5.07. The predicted molar refractivity (Wildman–Crippen MR) is 121 cm³/mol. The summed E-state index contributed by atoms with van der Waals surface area (Å²) in [5, 5.41) is 3.22. The van der Waals surface area contributed by atoms with Gasteiger partial charge in [0.1, 0.15) is 12.4 Å². The Hall–Kier alpha value is -3.46. The van der Waals surface area contributed by atoms with E-state index in [1.54, 1.807) is 12.3 Å². The van der Waals surface area contributed by atoms with Crippen molar-refractivity contribution in [2.24, 2.45) is 0 Å². The van der Waals surface area contributed by atoms with E-state index in [-0.39, 0.29) is 18.0 Å². The van der Waals surface area contributed by atoms with Gasteiger partial charge in [-0.15, -0.1) is 0 Å². The molecule has 2 aromatic rings. The second-order valence-corrected chi connectivity index (χ2v) is 8.01. The number of aromatic nitrogens is 2. The summed E-state index contributed by atoms with van der Waals surface area (Å²) in [6, 6.07) is 10.1. The zero-order valence-electron chi connectivity index (χ0n) is 18.2. The third-order valence-electron chi connectivity index (χ3n) is 5.71. The van der Waals surface area contributed by atoms with E-state index < -0.39 is 0 Å². The van der Waals surface area contributed by atoms with Gasteiger partial charge in [-0.05, 0) is 30.2 Å². The molecule has 2 aliphatic rings. The summed E-state index contributed by atoms with van der Waals surface area (Å²) in [6.07, 6.45) is 2.63. The van der Waals surface area contributed by atoms with E-state index in [9.17, 15) is 9.59 Å². The molecule has 0 aliphatic carbocycles. The van der Waals surface area contributed by atoms with Gasteiger partial charge < -0.3 is 15.0 Å². The number of benzene rings is 1. The van der Waals surface area contributed by atoms with Crippen LogP contribution < -0.4 is 10.2 Å². The van der Waals surface area contributed by atoms with Crippen LogP contribution in [-0.2, 0) is 22.6 Å². The molecule has 2 saturated heterocycles. The van der Waals surface area contributed by atoms with E-state index in [1.165, 1.54) is 16.5 Å². The molecular weight excluding hydrogens is 408 g/mol. The van der Waals surface area contributed by atoms with Gasteiger partial charge in [0.05, 0.1) is 6.04 Å². The van der Waals surface area contributed by atoms with Crippen molar-refractivity contribution in [3.05, 3.63) is 60.3 Å². The van der Waals surface area contributed by atoms with E-state index in [0.717, 1.165) is 38.3 Å². The minimum absolute atomic E-state index is 0.00546. The maximum atomic E-state index is 11.9. The van der Waals surface area contributed by atoms with Gasteiger partial charge >= 0.3 is 6.09 Å². The van der Waals surface area contributed by atoms with Crippen molar-refractivity contribution in [2.45, 2.75) is 26.1 Å². The van der Waals surface area contributed by atoms with Crippen molar-refractivity contribution in [3.63, 3.8) is 0 Å². The Morgan fingerprint density at radius 1 is 1.19 bits per heavy atom. The molecule has 9 nitrogen and oxygen atoms in total. The summed E-state index contributed by atoms with van der Waals surface area (Å²) in [5.41, 5.74) is 2.34. The first-order chi connectivity index (χ1) is 15.5. The van der Waals surface area contributed by atoms with Crippen LogP contribution in [0.1, 0.15) is 18.1 Å². The fraction of sp³-hybridized carbons (Fsp3) is 0.391. The molecule has 1 aromatic heterocycles. The van der Waals surface area contributed by atoms with Crippen molar-refractivity contribution in [2.75, 3.05) is 43.0 Å². The number of piperazine rings is 1. The van der Waals surface area contributed by atoms with Crippen LogP contribution in [0.2, 0.25) is 0 Å². The Morgan fingerprint density at radius 3 is 2.56 bits per heavy atom. The number of cyclic esters (lactones) is 1. The normalized spacial score (nSPS) is 19.0. The summed E-state index contributed by atoms with van der Waals surface area (Å²) in [6.45, 7) is 10.5. The van der Waals surface area contributed by atoms with Crippen molar-refractivity contribution in [3.8, 4) is 0 Å². The largest absolute Gasteiger partial charge is 0.447 e. The second-order valence-electron chi connectivity index (χ2n) is 8.01. The highest BCUT2D eigenvalue weighted by molar-refractivity contribution is 5.89. The van der Waals surface area contributed by atoms with Gasteiger partial charge in [0.15, 0.2) is 0 Å². The van der Waals surface area contributed by atoms with Crippen molar-refractivity contribution in [1.29, 1.82) is 0 Å². The Balaban J connectivity index is 1.28. The molecule has 4 rings (SSSR count). The molecular formula is C23H28N6O3. The maximum Gasteiger partial charge on any atom is 0.415 e. The van der Waals surface area contributed by atoms with Crippen molar-refractivity contribution < 1.29 is 14.3 Å². The lowest BCUT2D eigenvalue weighted by atomic mass is 10.1. The molecule has 0 unspecified atom stereocenters. The van der Waals surface area contributed by atoms with E-state index >= 15 is 0 Å². The Bertz CT molecular complexity index is 972. The highest BCUT2D eigenvalue weighted by Crippen LogP contribution is 2.21. The summed E-state index contributed by atoms with van der Waals surface area (Å²) >= 11 is 0. The predicted octanol–water partition coefficient (Wildman–Crippen LogP) is 2.26. The topological polar surface area (TPSA) is 90.9 Å². The van der Waals surface area contributed by atoms with Crippen LogP contribution in [0.25, 0.3) is 0 Å². The summed E-state index contributed by atoms with van der Waals surface area (Å²) in [7, 11) is 0. The standard InChI is InChI=1S/C23H28N6O3/c1-3-21(30)28-12-10-27(11-13-28)15-19-6-4-18(5-7-19)14-25-22-24-9-8-20(26-22)29-17(2)16-32-23(29)31/h3-9,17H,1,10-16H2,2H3,(H,24,25,26)/t17-/m0/s1. The van der Waals surface area contributed by atoms with E-state index in [1.807, 2.05) is 11.8 Å². The van der Waals surface area contributed by atoms with Gasteiger partial charge in [-0.1, -0.05) is 30.8 Å². The van der Waals surface area contributed by atoms with Gasteiger partial charge in [-0.3, -0.25) is 14.6 Å². The monoisotopic (exact) mass is 436 g/mol. The zero-order chi connectivity index (χ0) is 22.5. The first-order valence-electron chi connectivity index (χ1n) is 10.8. The molecule has 2 fully saturated rings. The van der Waals surface area contributed by atoms with Gasteiger partial charge in [-0.2, -0.15) is 4.98 Å². The summed E-state index contributed by atoms with van der Waals surface area (Å²) in [4.78, 5) is 38.0. The first kappa shape index (κ1) is 21.8. The van der Waals surface area contributed by atoms with E-state index in [2.05, 4.69) is 51.0 Å². The Morgan fingerprint density at radius 2 is 1.91 bits per heavy atom. The first-order valence-corrected chi connectivity index (χ1v) is 10.8. The van der Waals surface area contributed by atoms with E-state index in [4.69, 9.17) is 4.74 Å². The van der Waals surface area contributed by atoms with Gasteiger partial charge in [0, 0.05) is 45.5 Å². The lowest BCUT2D eigenvalue weighted by Gasteiger charge is -2.34. The zero-order valence-corrected chi connectivity index (χ0v) is 18.2. The maximum absolute atomic E-state index is 11.9. The van der Waals surface area contributed by atoms with Crippen LogP contribution in [0.15, 0.2) is 49.2 Å².